The van der Waals surface area contributed by atoms with Gasteiger partial charge in [0.25, 0.3) is 0 Å². The van der Waals surface area contributed by atoms with Crippen LogP contribution in [0.1, 0.15) is 22.9 Å². The molecule has 4 nitrogen and oxygen atoms in total. The third-order valence-electron chi connectivity index (χ3n) is 3.91. The molecule has 2 N–H and O–H groups in total. The Kier molecular flexibility index (Phi) is 10.8. The number of benzene rings is 1. The van der Waals surface area contributed by atoms with Crippen molar-refractivity contribution in [3.63, 3.8) is 0 Å². The number of nitrogens with zero attached hydrogens (tertiary/aromatic N) is 2. The smallest absolute Gasteiger partial charge is 0.191 e. The first-order valence-electron chi connectivity index (χ1n) is 8.44. The third-order valence-corrected chi connectivity index (χ3v) is 4.85. The third kappa shape index (κ3) is 8.20. The summed E-state index contributed by atoms with van der Waals surface area (Å²) in [6.07, 6.45) is 1.03. The molecule has 0 atom stereocenters. The monoisotopic (exact) mass is 472 g/mol. The number of rotatable bonds is 8. The van der Waals surface area contributed by atoms with Crippen molar-refractivity contribution in [1.29, 1.82) is 0 Å². The lowest BCUT2D eigenvalue weighted by Gasteiger charge is -2.15. The zero-order valence-corrected chi connectivity index (χ0v) is 18.4. The van der Waals surface area contributed by atoms with Crippen LogP contribution in [0.3, 0.4) is 0 Å². The number of halogens is 1. The molecule has 1 aromatic carbocycles. The van der Waals surface area contributed by atoms with Crippen molar-refractivity contribution in [2.45, 2.75) is 26.4 Å². The van der Waals surface area contributed by atoms with Gasteiger partial charge < -0.3 is 15.5 Å². The molecule has 0 unspecified atom stereocenters. The quantitative estimate of drug-likeness (QED) is 0.350. The topological polar surface area (TPSA) is 39.7 Å². The Morgan fingerprint density at radius 3 is 2.64 bits per heavy atom. The van der Waals surface area contributed by atoms with Crippen LogP contribution in [0.2, 0.25) is 0 Å². The minimum Gasteiger partial charge on any atom is -0.356 e. The van der Waals surface area contributed by atoms with Crippen molar-refractivity contribution >= 4 is 41.3 Å². The van der Waals surface area contributed by atoms with Gasteiger partial charge in [-0.2, -0.15) is 0 Å². The SMILES string of the molecule is CCN(C)Cc1cccc(CNC(=NC)NCCc2cccs2)c1.I. The molecule has 2 aromatic rings. The van der Waals surface area contributed by atoms with Crippen molar-refractivity contribution in [1.82, 2.24) is 15.5 Å². The molecular weight excluding hydrogens is 443 g/mol. The second kappa shape index (κ2) is 12.3. The van der Waals surface area contributed by atoms with Gasteiger partial charge >= 0.3 is 0 Å². The summed E-state index contributed by atoms with van der Waals surface area (Å²) in [5, 5.41) is 8.88. The van der Waals surface area contributed by atoms with Crippen LogP contribution in [-0.4, -0.2) is 38.0 Å². The molecular formula is C19H29IN4S. The van der Waals surface area contributed by atoms with E-state index in [9.17, 15) is 0 Å². The van der Waals surface area contributed by atoms with Crippen LogP contribution in [0, 0.1) is 0 Å². The first-order valence-corrected chi connectivity index (χ1v) is 9.32. The molecule has 0 saturated carbocycles. The van der Waals surface area contributed by atoms with E-state index in [0.717, 1.165) is 38.6 Å². The highest BCUT2D eigenvalue weighted by atomic mass is 127. The summed E-state index contributed by atoms with van der Waals surface area (Å²) in [5.41, 5.74) is 2.62. The van der Waals surface area contributed by atoms with Crippen LogP contribution < -0.4 is 10.6 Å². The summed E-state index contributed by atoms with van der Waals surface area (Å²) in [6, 6.07) is 13.0. The Hall–Kier alpha value is -1.12. The van der Waals surface area contributed by atoms with E-state index in [4.69, 9.17) is 0 Å². The lowest BCUT2D eigenvalue weighted by molar-refractivity contribution is 0.345. The molecule has 0 aliphatic heterocycles. The predicted molar refractivity (Wildman–Crippen MR) is 120 cm³/mol. The second-order valence-electron chi connectivity index (χ2n) is 5.83. The van der Waals surface area contributed by atoms with Crippen LogP contribution in [0.5, 0.6) is 0 Å². The molecule has 138 valence electrons. The van der Waals surface area contributed by atoms with Crippen LogP contribution in [0.4, 0.5) is 0 Å². The average Bonchev–Trinajstić information content (AvgIpc) is 3.11. The highest BCUT2D eigenvalue weighted by Crippen LogP contribution is 2.09. The molecule has 25 heavy (non-hydrogen) atoms. The van der Waals surface area contributed by atoms with E-state index in [2.05, 4.69) is 76.3 Å². The molecule has 0 fully saturated rings. The molecule has 0 aliphatic rings. The molecule has 0 bridgehead atoms. The first kappa shape index (κ1) is 21.9. The normalized spacial score (nSPS) is 11.3. The maximum Gasteiger partial charge on any atom is 0.191 e. The number of nitrogens with one attached hydrogen (secondary N) is 2. The minimum atomic E-state index is 0. The standard InChI is InChI=1S/C19H28N4S.HI/c1-4-23(3)15-17-8-5-7-16(13-17)14-22-19(20-2)21-11-10-18-9-6-12-24-18;/h5-9,12-13H,4,10-11,14-15H2,1-3H3,(H2,20,21,22);1H. The maximum atomic E-state index is 4.30. The van der Waals surface area contributed by atoms with E-state index in [-0.39, 0.29) is 24.0 Å². The number of hydrogen-bond donors (Lipinski definition) is 2. The highest BCUT2D eigenvalue weighted by Gasteiger charge is 2.02. The summed E-state index contributed by atoms with van der Waals surface area (Å²) in [6.45, 7) is 5.89. The van der Waals surface area contributed by atoms with E-state index in [1.807, 2.05) is 7.05 Å². The Labute approximate surface area is 172 Å². The van der Waals surface area contributed by atoms with Gasteiger partial charge in [-0.25, -0.2) is 0 Å². The van der Waals surface area contributed by atoms with Crippen LogP contribution >= 0.6 is 35.3 Å². The van der Waals surface area contributed by atoms with E-state index >= 15 is 0 Å². The number of hydrogen-bond acceptors (Lipinski definition) is 3. The van der Waals surface area contributed by atoms with E-state index in [1.165, 1.54) is 16.0 Å². The van der Waals surface area contributed by atoms with Gasteiger partial charge in [-0.1, -0.05) is 37.3 Å². The molecule has 1 heterocycles. The number of aliphatic imine (C=N–C) groups is 1. The molecule has 0 amide bonds. The molecule has 2 rings (SSSR count). The minimum absolute atomic E-state index is 0. The Morgan fingerprint density at radius 2 is 1.96 bits per heavy atom. The molecule has 1 aromatic heterocycles. The molecule has 0 aliphatic carbocycles. The zero-order chi connectivity index (χ0) is 17.2. The molecule has 0 spiro atoms. The Balaban J connectivity index is 0.00000312. The highest BCUT2D eigenvalue weighted by molar-refractivity contribution is 14.0. The molecule has 0 radical (unpaired) electrons. The molecule has 6 heteroatoms. The van der Waals surface area contributed by atoms with Crippen molar-refractivity contribution in [3.8, 4) is 0 Å². The lowest BCUT2D eigenvalue weighted by atomic mass is 10.1. The van der Waals surface area contributed by atoms with Gasteiger partial charge in [0, 0.05) is 31.6 Å². The van der Waals surface area contributed by atoms with Gasteiger partial charge in [-0.3, -0.25) is 4.99 Å². The largest absolute Gasteiger partial charge is 0.356 e. The molecule has 0 saturated heterocycles. The van der Waals surface area contributed by atoms with Gasteiger partial charge in [0.05, 0.1) is 0 Å². The van der Waals surface area contributed by atoms with Gasteiger partial charge in [0.1, 0.15) is 0 Å². The second-order valence-corrected chi connectivity index (χ2v) is 6.86. The maximum absolute atomic E-state index is 4.30. The van der Waals surface area contributed by atoms with Crippen molar-refractivity contribution in [3.05, 3.63) is 57.8 Å². The van der Waals surface area contributed by atoms with E-state index < -0.39 is 0 Å². The van der Waals surface area contributed by atoms with Gasteiger partial charge in [0.15, 0.2) is 5.96 Å². The fourth-order valence-electron chi connectivity index (χ4n) is 2.43. The average molecular weight is 472 g/mol. The Bertz CT molecular complexity index is 628. The lowest BCUT2D eigenvalue weighted by Crippen LogP contribution is -2.37. The Morgan fingerprint density at radius 1 is 1.16 bits per heavy atom. The summed E-state index contributed by atoms with van der Waals surface area (Å²) >= 11 is 1.80. The summed E-state index contributed by atoms with van der Waals surface area (Å²) < 4.78 is 0. The van der Waals surface area contributed by atoms with Gasteiger partial charge in [-0.15, -0.1) is 35.3 Å². The van der Waals surface area contributed by atoms with E-state index in [0.29, 0.717) is 0 Å². The number of thiophene rings is 1. The van der Waals surface area contributed by atoms with E-state index in [1.54, 1.807) is 11.3 Å². The predicted octanol–water partition coefficient (Wildman–Crippen LogP) is 3.73. The van der Waals surface area contributed by atoms with Gasteiger partial charge in [-0.05, 0) is 42.6 Å². The summed E-state index contributed by atoms with van der Waals surface area (Å²) in [7, 11) is 3.96. The fraction of sp³-hybridized carbons (Fsp3) is 0.421. The fourth-order valence-corrected chi connectivity index (χ4v) is 3.14. The first-order chi connectivity index (χ1) is 11.7. The van der Waals surface area contributed by atoms with Crippen LogP contribution in [0.15, 0.2) is 46.8 Å². The van der Waals surface area contributed by atoms with Crippen molar-refractivity contribution in [2.24, 2.45) is 4.99 Å². The van der Waals surface area contributed by atoms with Crippen LogP contribution in [-0.2, 0) is 19.5 Å². The van der Waals surface area contributed by atoms with Crippen molar-refractivity contribution < 1.29 is 0 Å². The summed E-state index contributed by atoms with van der Waals surface area (Å²) in [5.74, 6) is 0.850. The summed E-state index contributed by atoms with van der Waals surface area (Å²) in [4.78, 5) is 7.99. The van der Waals surface area contributed by atoms with Crippen LogP contribution in [0.25, 0.3) is 0 Å². The number of guanidine groups is 1. The van der Waals surface area contributed by atoms with Crippen molar-refractivity contribution in [2.75, 3.05) is 27.2 Å². The van der Waals surface area contributed by atoms with Gasteiger partial charge in [0.2, 0.25) is 0 Å². The zero-order valence-electron chi connectivity index (χ0n) is 15.3.